The molecule has 0 saturated carbocycles. The van der Waals surface area contributed by atoms with Gasteiger partial charge in [0, 0.05) is 13.1 Å². The van der Waals surface area contributed by atoms with Gasteiger partial charge in [-0.15, -0.1) is 0 Å². The minimum absolute atomic E-state index is 0.282. The number of amides is 1. The molecule has 0 aromatic heterocycles. The summed E-state index contributed by atoms with van der Waals surface area (Å²) in [6, 6.07) is 8.52. The van der Waals surface area contributed by atoms with E-state index < -0.39 is 0 Å². The van der Waals surface area contributed by atoms with Crippen molar-refractivity contribution in [2.45, 2.75) is 39.5 Å². The quantitative estimate of drug-likeness (QED) is 0.798. The lowest BCUT2D eigenvalue weighted by Gasteiger charge is -2.15. The number of likely N-dealkylation sites (tertiary alicyclic amines) is 1. The molecule has 0 radical (unpaired) electrons. The van der Waals surface area contributed by atoms with Crippen molar-refractivity contribution in [1.29, 1.82) is 0 Å². The van der Waals surface area contributed by atoms with Crippen LogP contribution in [0.1, 0.15) is 37.8 Å². The highest BCUT2D eigenvalue weighted by Crippen LogP contribution is 2.13. The summed E-state index contributed by atoms with van der Waals surface area (Å²) in [6.07, 6.45) is 4.00. The van der Waals surface area contributed by atoms with Gasteiger partial charge in [-0.25, -0.2) is 0 Å². The summed E-state index contributed by atoms with van der Waals surface area (Å²) in [5.41, 5.74) is 2.50. The van der Waals surface area contributed by atoms with Crippen LogP contribution in [0, 0.1) is 5.92 Å². The summed E-state index contributed by atoms with van der Waals surface area (Å²) in [4.78, 5) is 14.0. The lowest BCUT2D eigenvalue weighted by molar-refractivity contribution is -0.129. The number of benzene rings is 1. The van der Waals surface area contributed by atoms with Crippen molar-refractivity contribution in [1.82, 2.24) is 4.90 Å². The van der Waals surface area contributed by atoms with Gasteiger partial charge in [-0.1, -0.05) is 38.1 Å². The van der Waals surface area contributed by atoms with E-state index in [2.05, 4.69) is 38.1 Å². The minimum Gasteiger partial charge on any atom is -0.342 e. The van der Waals surface area contributed by atoms with Crippen LogP contribution in [-0.4, -0.2) is 23.9 Å². The van der Waals surface area contributed by atoms with Crippen molar-refractivity contribution < 1.29 is 4.79 Å². The Kier molecular flexibility index (Phi) is 4.40. The second-order valence-electron chi connectivity index (χ2n) is 5.68. The van der Waals surface area contributed by atoms with Gasteiger partial charge in [-0.2, -0.15) is 0 Å². The number of carbonyl (C=O) groups is 1. The van der Waals surface area contributed by atoms with Gasteiger partial charge in [0.25, 0.3) is 0 Å². The molecular formula is C16H23NO. The molecule has 1 fully saturated rings. The van der Waals surface area contributed by atoms with E-state index in [9.17, 15) is 4.79 Å². The van der Waals surface area contributed by atoms with Crippen LogP contribution >= 0.6 is 0 Å². The first kappa shape index (κ1) is 13.1. The number of rotatable bonds is 4. The fourth-order valence-electron chi connectivity index (χ4n) is 2.52. The fraction of sp³-hybridized carbons (Fsp3) is 0.562. The van der Waals surface area contributed by atoms with Gasteiger partial charge in [0.2, 0.25) is 5.91 Å². The summed E-state index contributed by atoms with van der Waals surface area (Å²) >= 11 is 0. The molecule has 98 valence electrons. The van der Waals surface area contributed by atoms with Crippen LogP contribution in [0.15, 0.2) is 24.3 Å². The molecule has 2 heteroatoms. The van der Waals surface area contributed by atoms with E-state index in [0.717, 1.165) is 25.1 Å². The van der Waals surface area contributed by atoms with E-state index in [1.165, 1.54) is 18.4 Å². The zero-order valence-electron chi connectivity index (χ0n) is 11.5. The van der Waals surface area contributed by atoms with Crippen molar-refractivity contribution in [2.75, 3.05) is 13.1 Å². The van der Waals surface area contributed by atoms with Crippen LogP contribution in [-0.2, 0) is 17.6 Å². The molecule has 1 aromatic carbocycles. The smallest absolute Gasteiger partial charge is 0.226 e. The van der Waals surface area contributed by atoms with Gasteiger partial charge in [0.05, 0.1) is 6.42 Å². The molecule has 1 aliphatic rings. The summed E-state index contributed by atoms with van der Waals surface area (Å²) in [6.45, 7) is 6.35. The van der Waals surface area contributed by atoms with Gasteiger partial charge in [0.1, 0.15) is 0 Å². The molecule has 1 aliphatic heterocycles. The Balaban J connectivity index is 1.91. The number of hydrogen-bond acceptors (Lipinski definition) is 1. The van der Waals surface area contributed by atoms with Gasteiger partial charge in [0.15, 0.2) is 0 Å². The summed E-state index contributed by atoms with van der Waals surface area (Å²) in [5, 5.41) is 0. The number of carbonyl (C=O) groups excluding carboxylic acids is 1. The summed E-state index contributed by atoms with van der Waals surface area (Å²) < 4.78 is 0. The van der Waals surface area contributed by atoms with Crippen molar-refractivity contribution in [2.24, 2.45) is 5.92 Å². The molecule has 0 bridgehead atoms. The average Bonchev–Trinajstić information content (AvgIpc) is 2.84. The summed E-state index contributed by atoms with van der Waals surface area (Å²) in [5.74, 6) is 0.964. The van der Waals surface area contributed by atoms with Crippen molar-refractivity contribution >= 4 is 5.91 Å². The molecule has 0 spiro atoms. The molecule has 0 aliphatic carbocycles. The highest BCUT2D eigenvalue weighted by molar-refractivity contribution is 5.79. The third kappa shape index (κ3) is 3.59. The van der Waals surface area contributed by atoms with E-state index in [1.54, 1.807) is 0 Å². The number of hydrogen-bond donors (Lipinski definition) is 0. The Morgan fingerprint density at radius 1 is 1.11 bits per heavy atom. The van der Waals surface area contributed by atoms with Crippen molar-refractivity contribution in [3.8, 4) is 0 Å². The first-order chi connectivity index (χ1) is 8.65. The van der Waals surface area contributed by atoms with E-state index in [1.807, 2.05) is 4.90 Å². The second kappa shape index (κ2) is 6.03. The fourth-order valence-corrected chi connectivity index (χ4v) is 2.52. The molecule has 2 nitrogen and oxygen atoms in total. The topological polar surface area (TPSA) is 20.3 Å². The Hall–Kier alpha value is -1.31. The maximum Gasteiger partial charge on any atom is 0.226 e. The van der Waals surface area contributed by atoms with Gasteiger partial charge in [-0.3, -0.25) is 4.79 Å². The molecule has 0 N–H and O–H groups in total. The maximum atomic E-state index is 12.0. The van der Waals surface area contributed by atoms with E-state index in [-0.39, 0.29) is 5.91 Å². The lowest BCUT2D eigenvalue weighted by Crippen LogP contribution is -2.29. The predicted molar refractivity (Wildman–Crippen MR) is 74.5 cm³/mol. The molecule has 1 amide bonds. The first-order valence-electron chi connectivity index (χ1n) is 7.01. The Morgan fingerprint density at radius 2 is 1.67 bits per heavy atom. The summed E-state index contributed by atoms with van der Waals surface area (Å²) in [7, 11) is 0. The third-order valence-corrected chi connectivity index (χ3v) is 3.48. The molecule has 1 heterocycles. The predicted octanol–water partition coefficient (Wildman–Crippen LogP) is 3.05. The minimum atomic E-state index is 0.282. The third-order valence-electron chi connectivity index (χ3n) is 3.48. The van der Waals surface area contributed by atoms with Crippen LogP contribution in [0.25, 0.3) is 0 Å². The average molecular weight is 245 g/mol. The van der Waals surface area contributed by atoms with E-state index in [4.69, 9.17) is 0 Å². The lowest BCUT2D eigenvalue weighted by atomic mass is 10.0. The van der Waals surface area contributed by atoms with E-state index in [0.29, 0.717) is 12.3 Å². The molecule has 0 unspecified atom stereocenters. The van der Waals surface area contributed by atoms with Crippen molar-refractivity contribution in [3.63, 3.8) is 0 Å². The van der Waals surface area contributed by atoms with Crippen LogP contribution in [0.5, 0.6) is 0 Å². The normalized spacial score (nSPS) is 15.4. The second-order valence-corrected chi connectivity index (χ2v) is 5.68. The molecule has 2 rings (SSSR count). The molecule has 1 aromatic rings. The monoisotopic (exact) mass is 245 g/mol. The maximum absolute atomic E-state index is 12.0. The Bertz CT molecular complexity index is 388. The van der Waals surface area contributed by atoms with Crippen LogP contribution in [0.2, 0.25) is 0 Å². The highest BCUT2D eigenvalue weighted by Gasteiger charge is 2.17. The molecular weight excluding hydrogens is 222 g/mol. The van der Waals surface area contributed by atoms with Crippen LogP contribution < -0.4 is 0 Å². The van der Waals surface area contributed by atoms with Gasteiger partial charge < -0.3 is 4.90 Å². The van der Waals surface area contributed by atoms with Crippen molar-refractivity contribution in [3.05, 3.63) is 35.4 Å². The first-order valence-corrected chi connectivity index (χ1v) is 7.01. The Morgan fingerprint density at radius 3 is 2.22 bits per heavy atom. The van der Waals surface area contributed by atoms with E-state index >= 15 is 0 Å². The van der Waals surface area contributed by atoms with Crippen LogP contribution in [0.4, 0.5) is 0 Å². The molecule has 18 heavy (non-hydrogen) atoms. The largest absolute Gasteiger partial charge is 0.342 e. The standard InChI is InChI=1S/C16H23NO/c1-13(2)11-14-5-7-15(8-6-14)12-16(18)17-9-3-4-10-17/h5-8,13H,3-4,9-12H2,1-2H3. The molecule has 1 saturated heterocycles. The van der Waals surface area contributed by atoms with Gasteiger partial charge in [-0.05, 0) is 36.3 Å². The SMILES string of the molecule is CC(C)Cc1ccc(CC(=O)N2CCCC2)cc1. The Labute approximate surface area is 110 Å². The van der Waals surface area contributed by atoms with Crippen LogP contribution in [0.3, 0.4) is 0 Å². The molecule has 0 atom stereocenters. The zero-order valence-corrected chi connectivity index (χ0v) is 11.5. The number of nitrogens with zero attached hydrogens (tertiary/aromatic N) is 1. The van der Waals surface area contributed by atoms with Gasteiger partial charge >= 0.3 is 0 Å². The highest BCUT2D eigenvalue weighted by atomic mass is 16.2. The zero-order chi connectivity index (χ0) is 13.0.